The summed E-state index contributed by atoms with van der Waals surface area (Å²) in [4.78, 5) is 45.0. The first-order valence-corrected chi connectivity index (χ1v) is 15.1. The number of Topliss-reactive ketones (excluding diaryl/α,β-unsaturated/α-hetero) is 1. The predicted molar refractivity (Wildman–Crippen MR) is 164 cm³/mol. The molecule has 4 N–H and O–H groups in total. The van der Waals surface area contributed by atoms with Crippen molar-refractivity contribution in [3.05, 3.63) is 77.0 Å². The number of nitrogens with two attached hydrogens (primary N) is 1. The molecule has 10 heteroatoms. The van der Waals surface area contributed by atoms with Crippen molar-refractivity contribution in [2.24, 2.45) is 17.1 Å². The summed E-state index contributed by atoms with van der Waals surface area (Å²) in [6.45, 7) is 9.59. The molecular formula is C34H39N5O5. The van der Waals surface area contributed by atoms with Gasteiger partial charge in [-0.2, -0.15) is 5.26 Å². The fraction of sp³-hybridized carbons (Fsp3) is 0.441. The van der Waals surface area contributed by atoms with Crippen LogP contribution in [0.5, 0.6) is 5.75 Å². The number of carbonyl (C=O) groups excluding carboxylic acids is 3. The second kappa shape index (κ2) is 11.8. The number of fused-ring (bicyclic) bond motifs is 5. The largest absolute Gasteiger partial charge is 0.469 e. The van der Waals surface area contributed by atoms with Crippen LogP contribution in [0, 0.1) is 22.7 Å². The number of amides is 2. The minimum absolute atomic E-state index is 0.108. The van der Waals surface area contributed by atoms with E-state index < -0.39 is 34.9 Å². The van der Waals surface area contributed by atoms with Gasteiger partial charge >= 0.3 is 0 Å². The van der Waals surface area contributed by atoms with Crippen molar-refractivity contribution in [2.75, 3.05) is 5.32 Å². The summed E-state index contributed by atoms with van der Waals surface area (Å²) in [5, 5.41) is 15.7. The highest BCUT2D eigenvalue weighted by Crippen LogP contribution is 2.56. The summed E-state index contributed by atoms with van der Waals surface area (Å²) in [5.41, 5.74) is 6.81. The Labute approximate surface area is 257 Å². The number of anilines is 1. The molecule has 0 saturated heterocycles. The Morgan fingerprint density at radius 1 is 1.18 bits per heavy atom. The van der Waals surface area contributed by atoms with Gasteiger partial charge in [0.25, 0.3) is 0 Å². The van der Waals surface area contributed by atoms with E-state index in [0.717, 1.165) is 24.1 Å². The maximum Gasteiger partial charge on any atom is 0.240 e. The molecule has 2 aromatic carbocycles. The van der Waals surface area contributed by atoms with E-state index in [-0.39, 0.29) is 35.6 Å². The van der Waals surface area contributed by atoms with Crippen molar-refractivity contribution in [1.82, 2.24) is 10.3 Å². The van der Waals surface area contributed by atoms with Crippen LogP contribution >= 0.6 is 0 Å². The zero-order valence-electron chi connectivity index (χ0n) is 25.8. The van der Waals surface area contributed by atoms with Crippen LogP contribution in [0.4, 0.5) is 5.69 Å². The number of nitrogens with zero attached hydrogens (tertiary/aromatic N) is 2. The number of nitrogens with one attached hydrogen (secondary N) is 2. The first-order chi connectivity index (χ1) is 21.0. The Morgan fingerprint density at radius 3 is 2.59 bits per heavy atom. The van der Waals surface area contributed by atoms with Crippen molar-refractivity contribution >= 4 is 23.3 Å². The van der Waals surface area contributed by atoms with E-state index in [4.69, 9.17) is 14.9 Å². The average Bonchev–Trinajstić information content (AvgIpc) is 3.68. The van der Waals surface area contributed by atoms with Crippen LogP contribution in [0.15, 0.2) is 53.1 Å². The third kappa shape index (κ3) is 5.10. The number of ether oxygens (including phenoxy) is 1. The van der Waals surface area contributed by atoms with Gasteiger partial charge in [0.1, 0.15) is 29.5 Å². The molecule has 3 aromatic rings. The summed E-state index contributed by atoms with van der Waals surface area (Å²) >= 11 is 0. The molecule has 10 nitrogen and oxygen atoms in total. The summed E-state index contributed by atoms with van der Waals surface area (Å²) in [5.74, 6) is -1.25. The number of hydrogen-bond donors (Lipinski definition) is 3. The van der Waals surface area contributed by atoms with E-state index in [9.17, 15) is 14.9 Å². The van der Waals surface area contributed by atoms with E-state index in [0.29, 0.717) is 23.3 Å². The van der Waals surface area contributed by atoms with Crippen LogP contribution in [0.1, 0.15) is 88.1 Å². The average molecular weight is 598 g/mol. The smallest absolute Gasteiger partial charge is 0.240 e. The Kier molecular flexibility index (Phi) is 8.25. The summed E-state index contributed by atoms with van der Waals surface area (Å²) < 4.78 is 12.2. The van der Waals surface area contributed by atoms with Gasteiger partial charge < -0.3 is 25.5 Å². The number of aromatic nitrogens is 1. The molecule has 5 unspecified atom stereocenters. The van der Waals surface area contributed by atoms with Gasteiger partial charge in [0, 0.05) is 23.1 Å². The lowest BCUT2D eigenvalue weighted by atomic mass is 9.66. The van der Waals surface area contributed by atoms with Crippen molar-refractivity contribution in [3.8, 4) is 11.8 Å². The molecule has 0 spiro atoms. The van der Waals surface area contributed by atoms with Gasteiger partial charge in [0.2, 0.25) is 17.7 Å². The SMILES string of the molecule is CCCC(C)C(C(=O)C12c3ccccc3NC1Oc1ccc(CC(NC(=O)C(C)(C)CC)C(N)=O)cc12)c1nc(C#N)co1. The molecule has 0 saturated carbocycles. The zero-order valence-corrected chi connectivity index (χ0v) is 25.8. The first kappa shape index (κ1) is 30.8. The fourth-order valence-electron chi connectivity index (χ4n) is 6.32. The van der Waals surface area contributed by atoms with E-state index in [1.165, 1.54) is 6.26 Å². The number of benzene rings is 2. The third-order valence-electron chi connectivity index (χ3n) is 9.22. The highest BCUT2D eigenvalue weighted by atomic mass is 16.5. The van der Waals surface area contributed by atoms with Gasteiger partial charge in [-0.1, -0.05) is 71.4 Å². The summed E-state index contributed by atoms with van der Waals surface area (Å²) in [6.07, 6.45) is 2.85. The molecular weight excluding hydrogens is 558 g/mol. The Balaban J connectivity index is 1.62. The zero-order chi connectivity index (χ0) is 31.8. The molecule has 5 atom stereocenters. The lowest BCUT2D eigenvalue weighted by Gasteiger charge is -2.32. The van der Waals surface area contributed by atoms with Gasteiger partial charge in [0.05, 0.1) is 5.92 Å². The van der Waals surface area contributed by atoms with Crippen LogP contribution in [0.3, 0.4) is 0 Å². The number of rotatable bonds is 12. The van der Waals surface area contributed by atoms with Gasteiger partial charge in [-0.05, 0) is 42.0 Å². The first-order valence-electron chi connectivity index (χ1n) is 15.1. The maximum absolute atomic E-state index is 15.2. The molecule has 2 aliphatic rings. The predicted octanol–water partition coefficient (Wildman–Crippen LogP) is 4.71. The molecule has 1 aromatic heterocycles. The topological polar surface area (TPSA) is 160 Å². The van der Waals surface area contributed by atoms with Gasteiger partial charge in [0.15, 0.2) is 17.7 Å². The van der Waals surface area contributed by atoms with Gasteiger partial charge in [-0.3, -0.25) is 14.4 Å². The number of para-hydroxylation sites is 1. The maximum atomic E-state index is 15.2. The Morgan fingerprint density at radius 2 is 1.93 bits per heavy atom. The summed E-state index contributed by atoms with van der Waals surface area (Å²) in [7, 11) is 0. The normalized spacial score (nSPS) is 20.1. The number of ketones is 1. The van der Waals surface area contributed by atoms with Crippen molar-refractivity contribution < 1.29 is 23.5 Å². The van der Waals surface area contributed by atoms with Crippen LogP contribution in [0.25, 0.3) is 0 Å². The number of carbonyl (C=O) groups is 3. The highest BCUT2D eigenvalue weighted by Gasteiger charge is 2.62. The quantitative estimate of drug-likeness (QED) is 0.270. The van der Waals surface area contributed by atoms with E-state index >= 15 is 4.79 Å². The molecule has 0 bridgehead atoms. The molecule has 2 amide bonds. The van der Waals surface area contributed by atoms with Crippen LogP contribution in [-0.4, -0.2) is 34.9 Å². The number of primary amides is 1. The second-order valence-electron chi connectivity index (χ2n) is 12.5. The number of hydrogen-bond acceptors (Lipinski definition) is 8. The van der Waals surface area contributed by atoms with Crippen molar-refractivity contribution in [1.29, 1.82) is 5.26 Å². The molecule has 2 aliphatic heterocycles. The monoisotopic (exact) mass is 597 g/mol. The molecule has 5 rings (SSSR count). The lowest BCUT2D eigenvalue weighted by molar-refractivity contribution is -0.133. The van der Waals surface area contributed by atoms with Crippen LogP contribution in [0.2, 0.25) is 0 Å². The number of nitriles is 1. The van der Waals surface area contributed by atoms with E-state index in [1.807, 2.05) is 70.2 Å². The Hall–Kier alpha value is -4.65. The van der Waals surface area contributed by atoms with Gasteiger partial charge in [-0.25, -0.2) is 4.98 Å². The summed E-state index contributed by atoms with van der Waals surface area (Å²) in [6, 6.07) is 14.2. The van der Waals surface area contributed by atoms with Crippen LogP contribution in [-0.2, 0) is 26.2 Å². The Bertz CT molecular complexity index is 1640. The van der Waals surface area contributed by atoms with E-state index in [1.54, 1.807) is 6.07 Å². The minimum Gasteiger partial charge on any atom is -0.469 e. The lowest BCUT2D eigenvalue weighted by Crippen LogP contribution is -2.50. The standard InChI is InChI=1S/C34H39N5O5/c1-6-10-19(3)27(30-37-21(17-35)18-43-30)28(40)34-22-11-8-9-12-24(22)39-32(34)44-26-14-13-20(15-23(26)34)16-25(29(36)41)38-31(42)33(4,5)7-2/h8-9,11-15,18-19,25,27,32,39H,6-7,10,16H2,1-5H3,(H2,36,41)(H,38,42). The fourth-order valence-corrected chi connectivity index (χ4v) is 6.32. The molecule has 230 valence electrons. The molecule has 0 radical (unpaired) electrons. The molecule has 44 heavy (non-hydrogen) atoms. The molecule has 0 fully saturated rings. The number of oxazole rings is 1. The second-order valence-corrected chi connectivity index (χ2v) is 12.5. The van der Waals surface area contributed by atoms with Gasteiger partial charge in [-0.15, -0.1) is 0 Å². The van der Waals surface area contributed by atoms with Crippen molar-refractivity contribution in [3.63, 3.8) is 0 Å². The molecule has 3 heterocycles. The van der Waals surface area contributed by atoms with Crippen LogP contribution < -0.4 is 21.1 Å². The highest BCUT2D eigenvalue weighted by molar-refractivity contribution is 6.03. The third-order valence-corrected chi connectivity index (χ3v) is 9.22. The molecule has 0 aliphatic carbocycles. The van der Waals surface area contributed by atoms with E-state index in [2.05, 4.69) is 22.5 Å². The van der Waals surface area contributed by atoms with Crippen molar-refractivity contribution in [2.45, 2.75) is 83.9 Å². The minimum atomic E-state index is -1.27.